The summed E-state index contributed by atoms with van der Waals surface area (Å²) >= 11 is 0. The summed E-state index contributed by atoms with van der Waals surface area (Å²) in [5.74, 6) is -0.458. The van der Waals surface area contributed by atoms with E-state index in [0.29, 0.717) is 17.2 Å². The van der Waals surface area contributed by atoms with E-state index in [-0.39, 0.29) is 11.9 Å². The van der Waals surface area contributed by atoms with Crippen molar-refractivity contribution in [1.29, 1.82) is 0 Å². The summed E-state index contributed by atoms with van der Waals surface area (Å²) in [5.41, 5.74) is 1.08. The molecule has 0 bridgehead atoms. The highest BCUT2D eigenvalue weighted by atomic mass is 19.1. The number of imidazole rings is 1. The molecule has 1 aliphatic heterocycles. The molecule has 1 atom stereocenters. The van der Waals surface area contributed by atoms with Gasteiger partial charge in [0, 0.05) is 18.8 Å². The van der Waals surface area contributed by atoms with E-state index in [2.05, 4.69) is 25.6 Å². The van der Waals surface area contributed by atoms with Crippen LogP contribution in [0.5, 0.6) is 0 Å². The Bertz CT molecular complexity index is 872. The minimum atomic E-state index is -0.510. The van der Waals surface area contributed by atoms with Crippen LogP contribution in [0.3, 0.4) is 0 Å². The molecule has 8 heteroatoms. The molecule has 1 fully saturated rings. The van der Waals surface area contributed by atoms with Crippen molar-refractivity contribution in [2.24, 2.45) is 0 Å². The molecular weight excluding hydrogens is 314 g/mol. The van der Waals surface area contributed by atoms with Gasteiger partial charge in [-0.05, 0) is 31.5 Å². The Morgan fingerprint density at radius 2 is 2.12 bits per heavy atom. The van der Waals surface area contributed by atoms with E-state index in [4.69, 9.17) is 0 Å². The van der Waals surface area contributed by atoms with Crippen LogP contribution >= 0.6 is 0 Å². The molecule has 24 heavy (non-hydrogen) atoms. The van der Waals surface area contributed by atoms with Gasteiger partial charge in [0.15, 0.2) is 17.5 Å². The van der Waals surface area contributed by atoms with Crippen molar-refractivity contribution in [2.75, 3.05) is 18.4 Å². The summed E-state index contributed by atoms with van der Waals surface area (Å²) in [6, 6.07) is 3.02. The van der Waals surface area contributed by atoms with Gasteiger partial charge < -0.3 is 10.6 Å². The van der Waals surface area contributed by atoms with E-state index in [0.717, 1.165) is 32.1 Å². The van der Waals surface area contributed by atoms with Gasteiger partial charge in [-0.25, -0.2) is 23.7 Å². The summed E-state index contributed by atoms with van der Waals surface area (Å²) in [6.07, 6.45) is 5.96. The molecule has 0 radical (unpaired) electrons. The van der Waals surface area contributed by atoms with Crippen LogP contribution in [0.2, 0.25) is 0 Å². The van der Waals surface area contributed by atoms with Gasteiger partial charge in [0.25, 0.3) is 0 Å². The maximum absolute atomic E-state index is 14.1. The van der Waals surface area contributed by atoms with Crippen LogP contribution in [0.4, 0.5) is 14.6 Å². The number of fused-ring (bicyclic) bond motifs is 1. The first-order chi connectivity index (χ1) is 11.7. The maximum Gasteiger partial charge on any atom is 0.183 e. The molecule has 3 aromatic heterocycles. The van der Waals surface area contributed by atoms with Gasteiger partial charge in [-0.15, -0.1) is 0 Å². The fourth-order valence-electron chi connectivity index (χ4n) is 2.88. The zero-order valence-electron chi connectivity index (χ0n) is 12.8. The van der Waals surface area contributed by atoms with Crippen molar-refractivity contribution in [2.45, 2.75) is 18.9 Å². The molecule has 0 aliphatic carbocycles. The molecule has 6 nitrogen and oxygen atoms in total. The molecule has 2 N–H and O–H groups in total. The standard InChI is InChI=1S/C16H16F2N6/c17-10-3-4-14-20-8-13(24(14)9-10)16-21-7-12(18)15(23-16)22-11-2-1-5-19-6-11/h3-4,7-9,11,19H,1-2,5-6H2,(H,21,22,23). The van der Waals surface area contributed by atoms with Crippen molar-refractivity contribution in [3.63, 3.8) is 0 Å². The largest absolute Gasteiger partial charge is 0.364 e. The number of hydrogen-bond acceptors (Lipinski definition) is 5. The molecule has 0 aromatic carbocycles. The number of pyridine rings is 1. The maximum atomic E-state index is 14.1. The number of nitrogens with one attached hydrogen (secondary N) is 2. The minimum absolute atomic E-state index is 0.121. The van der Waals surface area contributed by atoms with Crippen molar-refractivity contribution in [1.82, 2.24) is 24.7 Å². The third-order valence-electron chi connectivity index (χ3n) is 4.08. The van der Waals surface area contributed by atoms with Crippen LogP contribution in [-0.2, 0) is 0 Å². The van der Waals surface area contributed by atoms with Crippen molar-refractivity contribution < 1.29 is 8.78 Å². The van der Waals surface area contributed by atoms with E-state index >= 15 is 0 Å². The number of halogens is 2. The van der Waals surface area contributed by atoms with Crippen LogP contribution in [-0.4, -0.2) is 38.5 Å². The molecule has 4 heterocycles. The zero-order chi connectivity index (χ0) is 16.5. The first-order valence-corrected chi connectivity index (χ1v) is 7.83. The van der Waals surface area contributed by atoms with E-state index in [1.165, 1.54) is 12.3 Å². The number of nitrogens with zero attached hydrogens (tertiary/aromatic N) is 4. The lowest BCUT2D eigenvalue weighted by atomic mass is 10.1. The topological polar surface area (TPSA) is 67.1 Å². The predicted octanol–water partition coefficient (Wildman–Crippen LogP) is 2.23. The normalized spacial score (nSPS) is 18.0. The van der Waals surface area contributed by atoms with Crippen LogP contribution in [0.25, 0.3) is 17.2 Å². The Morgan fingerprint density at radius 3 is 2.96 bits per heavy atom. The van der Waals surface area contributed by atoms with E-state index in [1.54, 1.807) is 16.7 Å². The lowest BCUT2D eigenvalue weighted by molar-refractivity contribution is 0.476. The van der Waals surface area contributed by atoms with E-state index < -0.39 is 11.6 Å². The Morgan fingerprint density at radius 1 is 1.21 bits per heavy atom. The number of piperidine rings is 1. The third-order valence-corrected chi connectivity index (χ3v) is 4.08. The highest BCUT2D eigenvalue weighted by Crippen LogP contribution is 2.21. The average Bonchev–Trinajstić information content (AvgIpc) is 3.01. The number of hydrogen-bond donors (Lipinski definition) is 2. The summed E-state index contributed by atoms with van der Waals surface area (Å²) in [4.78, 5) is 12.5. The number of anilines is 1. The molecule has 1 unspecified atom stereocenters. The molecule has 1 aliphatic rings. The monoisotopic (exact) mass is 330 g/mol. The highest BCUT2D eigenvalue weighted by molar-refractivity contribution is 5.58. The summed E-state index contributed by atoms with van der Waals surface area (Å²) in [5, 5.41) is 6.38. The molecular formula is C16H16F2N6. The van der Waals surface area contributed by atoms with Crippen LogP contribution in [0.15, 0.2) is 30.7 Å². The zero-order valence-corrected chi connectivity index (χ0v) is 12.8. The Hall–Kier alpha value is -2.61. The van der Waals surface area contributed by atoms with E-state index in [1.807, 2.05) is 0 Å². The fourth-order valence-corrected chi connectivity index (χ4v) is 2.88. The Kier molecular flexibility index (Phi) is 3.81. The predicted molar refractivity (Wildman–Crippen MR) is 85.6 cm³/mol. The van der Waals surface area contributed by atoms with Gasteiger partial charge in [-0.1, -0.05) is 0 Å². The lowest BCUT2D eigenvalue weighted by Crippen LogP contribution is -2.38. The quantitative estimate of drug-likeness (QED) is 0.771. The Labute approximate surface area is 137 Å². The highest BCUT2D eigenvalue weighted by Gasteiger charge is 2.17. The van der Waals surface area contributed by atoms with Gasteiger partial charge in [0.2, 0.25) is 0 Å². The number of aromatic nitrogens is 4. The minimum Gasteiger partial charge on any atom is -0.364 e. The summed E-state index contributed by atoms with van der Waals surface area (Å²) in [6.45, 7) is 1.74. The first-order valence-electron chi connectivity index (χ1n) is 7.83. The van der Waals surface area contributed by atoms with E-state index in [9.17, 15) is 8.78 Å². The first kappa shape index (κ1) is 14.9. The molecule has 0 saturated carbocycles. The van der Waals surface area contributed by atoms with Gasteiger partial charge >= 0.3 is 0 Å². The van der Waals surface area contributed by atoms with Gasteiger partial charge in [-0.2, -0.15) is 0 Å². The fraction of sp³-hybridized carbons (Fsp3) is 0.312. The van der Waals surface area contributed by atoms with Crippen molar-refractivity contribution in [3.8, 4) is 11.5 Å². The van der Waals surface area contributed by atoms with Crippen LogP contribution in [0, 0.1) is 11.6 Å². The third kappa shape index (κ3) is 2.80. The molecule has 124 valence electrons. The average molecular weight is 330 g/mol. The second-order valence-corrected chi connectivity index (χ2v) is 5.80. The van der Waals surface area contributed by atoms with Gasteiger partial charge in [0.05, 0.1) is 12.4 Å². The summed E-state index contributed by atoms with van der Waals surface area (Å²) in [7, 11) is 0. The van der Waals surface area contributed by atoms with Gasteiger partial charge in [-0.3, -0.25) is 4.40 Å². The van der Waals surface area contributed by atoms with Crippen molar-refractivity contribution >= 4 is 11.5 Å². The molecule has 0 spiro atoms. The van der Waals surface area contributed by atoms with Gasteiger partial charge in [0.1, 0.15) is 17.2 Å². The molecule has 3 aromatic rings. The summed E-state index contributed by atoms with van der Waals surface area (Å²) < 4.78 is 29.1. The van der Waals surface area contributed by atoms with Crippen LogP contribution in [0.1, 0.15) is 12.8 Å². The molecule has 1 saturated heterocycles. The second kappa shape index (κ2) is 6.12. The second-order valence-electron chi connectivity index (χ2n) is 5.80. The van der Waals surface area contributed by atoms with Crippen molar-refractivity contribution in [3.05, 3.63) is 42.4 Å². The Balaban J connectivity index is 1.70. The lowest BCUT2D eigenvalue weighted by Gasteiger charge is -2.24. The SMILES string of the molecule is Fc1ccc2ncc(-c3ncc(F)c(NC4CCCNC4)n3)n2c1. The molecule has 4 rings (SSSR count). The molecule has 0 amide bonds. The smallest absolute Gasteiger partial charge is 0.183 e. The van der Waals surface area contributed by atoms with Crippen LogP contribution < -0.4 is 10.6 Å². The number of rotatable bonds is 3.